The number of sulfonamides is 1. The second-order valence-electron chi connectivity index (χ2n) is 8.13. The van der Waals surface area contributed by atoms with E-state index in [1.165, 1.54) is 19.2 Å². The fourth-order valence-electron chi connectivity index (χ4n) is 3.78. The zero-order valence-electron chi connectivity index (χ0n) is 18.6. The Labute approximate surface area is 196 Å². The molecule has 0 bridgehead atoms. The Morgan fingerprint density at radius 1 is 1.03 bits per heavy atom. The minimum atomic E-state index is -4.64. The summed E-state index contributed by atoms with van der Waals surface area (Å²) in [5.74, 6) is -1.34. The Morgan fingerprint density at radius 2 is 1.71 bits per heavy atom. The highest BCUT2D eigenvalue weighted by Crippen LogP contribution is 2.34. The van der Waals surface area contributed by atoms with Crippen molar-refractivity contribution in [3.8, 4) is 0 Å². The van der Waals surface area contributed by atoms with Gasteiger partial charge in [-0.25, -0.2) is 13.1 Å². The average molecular weight is 498 g/mol. The van der Waals surface area contributed by atoms with Crippen LogP contribution in [0, 0.1) is 0 Å². The van der Waals surface area contributed by atoms with Gasteiger partial charge >= 0.3 is 6.18 Å². The second kappa shape index (κ2) is 10.6. The number of likely N-dealkylation sites (N-methyl/N-ethyl adjacent to an activating group) is 1. The number of halogens is 3. The highest BCUT2D eigenvalue weighted by molar-refractivity contribution is 7.89. The number of alkyl halides is 3. The maximum absolute atomic E-state index is 13.1. The summed E-state index contributed by atoms with van der Waals surface area (Å²) in [6, 6.07) is 9.56. The fourth-order valence-corrected chi connectivity index (χ4v) is 4.86. The Hall–Kier alpha value is -2.92. The minimum Gasteiger partial charge on any atom is -0.336 e. The van der Waals surface area contributed by atoms with Crippen molar-refractivity contribution in [3.05, 3.63) is 59.2 Å². The zero-order chi connectivity index (χ0) is 24.9. The van der Waals surface area contributed by atoms with Crippen molar-refractivity contribution in [1.82, 2.24) is 9.62 Å². The maximum atomic E-state index is 13.1. The summed E-state index contributed by atoms with van der Waals surface area (Å²) in [5, 5.41) is 2.17. The Bertz CT molecular complexity index is 1170. The van der Waals surface area contributed by atoms with Gasteiger partial charge in [0.25, 0.3) is 0 Å². The highest BCUT2D eigenvalue weighted by Gasteiger charge is 2.33. The molecule has 3 rings (SSSR count). The van der Waals surface area contributed by atoms with E-state index in [-0.39, 0.29) is 17.9 Å². The Balaban J connectivity index is 1.51. The fraction of sp³-hybridized carbons (Fsp3) is 0.391. The molecule has 1 aliphatic carbocycles. The summed E-state index contributed by atoms with van der Waals surface area (Å²) >= 11 is 0. The number of nitrogens with zero attached hydrogens (tertiary/aromatic N) is 1. The van der Waals surface area contributed by atoms with Gasteiger partial charge < -0.3 is 10.2 Å². The molecular formula is C23H26F3N3O4S. The average Bonchev–Trinajstić information content (AvgIpc) is 2.78. The van der Waals surface area contributed by atoms with Crippen LogP contribution in [0.2, 0.25) is 0 Å². The molecular weight excluding hydrogens is 471 g/mol. The number of fused-ring (bicyclic) bond motifs is 1. The highest BCUT2D eigenvalue weighted by atomic mass is 32.2. The smallest absolute Gasteiger partial charge is 0.336 e. The lowest BCUT2D eigenvalue weighted by Crippen LogP contribution is -2.37. The molecule has 0 aromatic heterocycles. The van der Waals surface area contributed by atoms with Crippen molar-refractivity contribution in [1.29, 1.82) is 0 Å². The standard InChI is InChI=1S/C23H26F3N3O4S/c1-29(15-21(30)28-20-9-5-4-8-19(20)23(24,25)26)22(31)12-13-27-34(32,33)18-11-10-16-6-2-3-7-17(16)14-18/h4-5,8-11,14,27H,2-3,6-7,12-13,15H2,1H3,(H,28,30). The lowest BCUT2D eigenvalue weighted by Gasteiger charge is -2.19. The van der Waals surface area contributed by atoms with Crippen LogP contribution < -0.4 is 10.0 Å². The van der Waals surface area contributed by atoms with Crippen molar-refractivity contribution in [2.45, 2.75) is 43.2 Å². The molecule has 0 atom stereocenters. The number of amides is 2. The largest absolute Gasteiger partial charge is 0.418 e. The number of hydrogen-bond acceptors (Lipinski definition) is 4. The van der Waals surface area contributed by atoms with Crippen LogP contribution in [0.5, 0.6) is 0 Å². The van der Waals surface area contributed by atoms with Crippen LogP contribution in [-0.2, 0) is 38.6 Å². The lowest BCUT2D eigenvalue weighted by molar-refractivity contribution is -0.137. The zero-order valence-corrected chi connectivity index (χ0v) is 19.4. The molecule has 0 saturated carbocycles. The number of aryl methyl sites for hydroxylation is 2. The maximum Gasteiger partial charge on any atom is 0.418 e. The van der Waals surface area contributed by atoms with Crippen LogP contribution in [0.3, 0.4) is 0 Å². The van der Waals surface area contributed by atoms with E-state index in [1.54, 1.807) is 12.1 Å². The van der Waals surface area contributed by atoms with E-state index in [4.69, 9.17) is 0 Å². The van der Waals surface area contributed by atoms with E-state index < -0.39 is 45.8 Å². The van der Waals surface area contributed by atoms with E-state index in [0.717, 1.165) is 53.8 Å². The van der Waals surface area contributed by atoms with Crippen molar-refractivity contribution in [2.24, 2.45) is 0 Å². The molecule has 0 unspecified atom stereocenters. The molecule has 0 fully saturated rings. The number of rotatable bonds is 8. The number of anilines is 1. The Morgan fingerprint density at radius 3 is 2.41 bits per heavy atom. The Kier molecular flexibility index (Phi) is 7.98. The molecule has 1 aliphatic rings. The van der Waals surface area contributed by atoms with E-state index >= 15 is 0 Å². The number of hydrogen-bond donors (Lipinski definition) is 2. The number of para-hydroxylation sites is 1. The van der Waals surface area contributed by atoms with Crippen LogP contribution in [0.15, 0.2) is 47.4 Å². The molecule has 7 nitrogen and oxygen atoms in total. The number of carbonyl (C=O) groups is 2. The summed E-state index contributed by atoms with van der Waals surface area (Å²) < 4.78 is 66.7. The van der Waals surface area contributed by atoms with Gasteiger partial charge in [-0.1, -0.05) is 18.2 Å². The third-order valence-electron chi connectivity index (χ3n) is 5.57. The molecule has 0 spiro atoms. The normalized spacial score (nSPS) is 13.8. The molecule has 2 aromatic rings. The van der Waals surface area contributed by atoms with Gasteiger partial charge in [0.1, 0.15) is 0 Å². The summed E-state index contributed by atoms with van der Waals surface area (Å²) in [6.45, 7) is -0.663. The van der Waals surface area contributed by atoms with Crippen molar-refractivity contribution < 1.29 is 31.2 Å². The predicted octanol–water partition coefficient (Wildman–Crippen LogP) is 3.35. The summed E-state index contributed by atoms with van der Waals surface area (Å²) in [6.07, 6.45) is -0.995. The quantitative estimate of drug-likeness (QED) is 0.585. The van der Waals surface area contributed by atoms with E-state index in [2.05, 4.69) is 10.0 Å². The minimum absolute atomic E-state index is 0.136. The van der Waals surface area contributed by atoms with Crippen molar-refractivity contribution in [3.63, 3.8) is 0 Å². The van der Waals surface area contributed by atoms with Gasteiger partial charge in [-0.15, -0.1) is 0 Å². The molecule has 2 amide bonds. The topological polar surface area (TPSA) is 95.6 Å². The van der Waals surface area contributed by atoms with Crippen LogP contribution in [0.25, 0.3) is 0 Å². The van der Waals surface area contributed by atoms with Gasteiger partial charge in [-0.3, -0.25) is 9.59 Å². The predicted molar refractivity (Wildman–Crippen MR) is 121 cm³/mol. The van der Waals surface area contributed by atoms with Gasteiger partial charge in [-0.2, -0.15) is 13.2 Å². The third-order valence-corrected chi connectivity index (χ3v) is 7.03. The van der Waals surface area contributed by atoms with Crippen LogP contribution in [0.1, 0.15) is 36.0 Å². The lowest BCUT2D eigenvalue weighted by atomic mass is 9.92. The van der Waals surface area contributed by atoms with Crippen LogP contribution >= 0.6 is 0 Å². The van der Waals surface area contributed by atoms with Gasteiger partial charge in [0.15, 0.2) is 0 Å². The van der Waals surface area contributed by atoms with E-state index in [1.807, 2.05) is 6.07 Å². The molecule has 2 aromatic carbocycles. The number of carbonyl (C=O) groups excluding carboxylic acids is 2. The van der Waals surface area contributed by atoms with Gasteiger partial charge in [0, 0.05) is 20.0 Å². The van der Waals surface area contributed by atoms with Crippen molar-refractivity contribution in [2.75, 3.05) is 25.5 Å². The van der Waals surface area contributed by atoms with E-state index in [0.29, 0.717) is 0 Å². The first-order valence-corrected chi connectivity index (χ1v) is 12.3. The second-order valence-corrected chi connectivity index (χ2v) is 9.89. The van der Waals surface area contributed by atoms with Gasteiger partial charge in [0.05, 0.1) is 22.7 Å². The SMILES string of the molecule is CN(CC(=O)Nc1ccccc1C(F)(F)F)C(=O)CCNS(=O)(=O)c1ccc2c(c1)CCCC2. The molecule has 0 heterocycles. The first-order chi connectivity index (χ1) is 16.0. The summed E-state index contributed by atoms with van der Waals surface area (Å²) in [4.78, 5) is 25.6. The number of benzene rings is 2. The third kappa shape index (κ3) is 6.57. The van der Waals surface area contributed by atoms with Crippen molar-refractivity contribution >= 4 is 27.5 Å². The monoisotopic (exact) mass is 497 g/mol. The molecule has 184 valence electrons. The molecule has 2 N–H and O–H groups in total. The molecule has 11 heteroatoms. The van der Waals surface area contributed by atoms with Gasteiger partial charge in [-0.05, 0) is 61.1 Å². The molecule has 34 heavy (non-hydrogen) atoms. The first kappa shape index (κ1) is 25.7. The van der Waals surface area contributed by atoms with E-state index in [9.17, 15) is 31.2 Å². The van der Waals surface area contributed by atoms with Gasteiger partial charge in [0.2, 0.25) is 21.8 Å². The van der Waals surface area contributed by atoms with Crippen LogP contribution in [-0.4, -0.2) is 45.3 Å². The molecule has 0 aliphatic heterocycles. The molecule has 0 saturated heterocycles. The first-order valence-electron chi connectivity index (χ1n) is 10.8. The number of nitrogens with one attached hydrogen (secondary N) is 2. The molecule has 0 radical (unpaired) electrons. The summed E-state index contributed by atoms with van der Waals surface area (Å²) in [7, 11) is -2.49. The summed E-state index contributed by atoms with van der Waals surface area (Å²) in [5.41, 5.74) is 0.772. The van der Waals surface area contributed by atoms with Crippen LogP contribution in [0.4, 0.5) is 18.9 Å².